The normalized spacial score (nSPS) is 17.2. The van der Waals surface area contributed by atoms with Crippen LogP contribution in [0.5, 0.6) is 5.75 Å². The molecule has 2 heterocycles. The monoisotopic (exact) mass is 336 g/mol. The number of nitrogens with one attached hydrogen (secondary N) is 1. The van der Waals surface area contributed by atoms with Crippen LogP contribution < -0.4 is 10.1 Å². The minimum Gasteiger partial charge on any atom is -0.482 e. The van der Waals surface area contributed by atoms with Crippen LogP contribution in [-0.4, -0.2) is 18.1 Å². The van der Waals surface area contributed by atoms with Crippen LogP contribution >= 0.6 is 23.2 Å². The Balaban J connectivity index is 1.87. The van der Waals surface area contributed by atoms with Gasteiger partial charge in [-0.2, -0.15) is 0 Å². The van der Waals surface area contributed by atoms with Crippen LogP contribution in [0.25, 0.3) is 0 Å². The molecule has 1 fully saturated rings. The second-order valence-corrected chi connectivity index (χ2v) is 6.30. The number of aromatic nitrogens is 1. The Morgan fingerprint density at radius 1 is 1.14 bits per heavy atom. The lowest BCUT2D eigenvalue weighted by atomic mass is 9.90. The van der Waals surface area contributed by atoms with Crippen LogP contribution in [0.2, 0.25) is 10.0 Å². The number of ether oxygens (including phenoxy) is 1. The highest BCUT2D eigenvalue weighted by Crippen LogP contribution is 2.36. The fourth-order valence-corrected chi connectivity index (χ4v) is 3.25. The molecule has 1 aromatic heterocycles. The Morgan fingerprint density at radius 2 is 1.95 bits per heavy atom. The maximum absolute atomic E-state index is 6.26. The zero-order valence-electron chi connectivity index (χ0n) is 12.1. The summed E-state index contributed by atoms with van der Waals surface area (Å²) in [5.41, 5.74) is 0.945. The summed E-state index contributed by atoms with van der Waals surface area (Å²) in [5.74, 6) is 1.07. The van der Waals surface area contributed by atoms with E-state index in [0.717, 1.165) is 31.6 Å². The fraction of sp³-hybridized carbons (Fsp3) is 0.353. The lowest BCUT2D eigenvalue weighted by Crippen LogP contribution is -2.33. The number of nitrogens with zero attached hydrogens (tertiary/aromatic N) is 1. The SMILES string of the molecule is Clc1ccc(OC(c2ccccn2)C2CCNCC2)c(Cl)c1. The van der Waals surface area contributed by atoms with Crippen molar-refractivity contribution in [3.63, 3.8) is 0 Å². The predicted molar refractivity (Wildman–Crippen MR) is 89.7 cm³/mol. The summed E-state index contributed by atoms with van der Waals surface area (Å²) in [7, 11) is 0. The molecular formula is C17H18Cl2N2O. The molecule has 5 heteroatoms. The van der Waals surface area contributed by atoms with E-state index in [4.69, 9.17) is 27.9 Å². The fourth-order valence-electron chi connectivity index (χ4n) is 2.80. The third-order valence-electron chi connectivity index (χ3n) is 3.94. The number of hydrogen-bond donors (Lipinski definition) is 1. The molecule has 0 saturated carbocycles. The van der Waals surface area contributed by atoms with Gasteiger partial charge in [-0.1, -0.05) is 29.3 Å². The van der Waals surface area contributed by atoms with E-state index < -0.39 is 0 Å². The van der Waals surface area contributed by atoms with Gasteiger partial charge in [0.1, 0.15) is 11.9 Å². The molecule has 3 nitrogen and oxygen atoms in total. The van der Waals surface area contributed by atoms with Crippen LogP contribution in [0.15, 0.2) is 42.6 Å². The van der Waals surface area contributed by atoms with Gasteiger partial charge in [0.05, 0.1) is 10.7 Å². The number of rotatable bonds is 4. The highest BCUT2D eigenvalue weighted by molar-refractivity contribution is 6.35. The van der Waals surface area contributed by atoms with Crippen molar-refractivity contribution < 1.29 is 4.74 Å². The number of hydrogen-bond acceptors (Lipinski definition) is 3. The minimum atomic E-state index is -0.0954. The Labute approximate surface area is 140 Å². The van der Waals surface area contributed by atoms with E-state index in [0.29, 0.717) is 21.7 Å². The van der Waals surface area contributed by atoms with Crippen LogP contribution in [0, 0.1) is 5.92 Å². The molecule has 1 N–H and O–H groups in total. The van der Waals surface area contributed by atoms with Gasteiger partial charge >= 0.3 is 0 Å². The van der Waals surface area contributed by atoms with Crippen LogP contribution in [0.4, 0.5) is 0 Å². The summed E-state index contributed by atoms with van der Waals surface area (Å²) in [6, 6.07) is 11.2. The molecule has 22 heavy (non-hydrogen) atoms. The Bertz CT molecular complexity index is 615. The summed E-state index contributed by atoms with van der Waals surface area (Å²) in [6.45, 7) is 2.01. The standard InChI is InChI=1S/C17H18Cl2N2O/c18-13-4-5-16(14(19)11-13)22-17(12-6-9-20-10-7-12)15-3-1-2-8-21-15/h1-5,8,11-12,17,20H,6-7,9-10H2. The van der Waals surface area contributed by atoms with E-state index >= 15 is 0 Å². The summed E-state index contributed by atoms with van der Waals surface area (Å²) in [4.78, 5) is 4.48. The maximum atomic E-state index is 6.26. The first-order valence-corrected chi connectivity index (χ1v) is 8.23. The average molecular weight is 337 g/mol. The first-order valence-electron chi connectivity index (χ1n) is 7.47. The van der Waals surface area contributed by atoms with Gasteiger partial charge in [-0.3, -0.25) is 4.98 Å². The molecule has 0 amide bonds. The molecule has 0 aliphatic carbocycles. The second-order valence-electron chi connectivity index (χ2n) is 5.46. The molecular weight excluding hydrogens is 319 g/mol. The Morgan fingerprint density at radius 3 is 2.64 bits per heavy atom. The van der Waals surface area contributed by atoms with Crippen molar-refractivity contribution in [3.05, 3.63) is 58.3 Å². The first-order chi connectivity index (χ1) is 10.7. The third-order valence-corrected chi connectivity index (χ3v) is 4.47. The quantitative estimate of drug-likeness (QED) is 0.891. The summed E-state index contributed by atoms with van der Waals surface area (Å²) >= 11 is 12.2. The highest BCUT2D eigenvalue weighted by Gasteiger charge is 2.28. The number of pyridine rings is 1. The van der Waals surface area contributed by atoms with E-state index in [-0.39, 0.29) is 6.10 Å². The van der Waals surface area contributed by atoms with Crippen molar-refractivity contribution in [2.45, 2.75) is 18.9 Å². The molecule has 1 aliphatic rings. The van der Waals surface area contributed by atoms with Crippen molar-refractivity contribution in [1.82, 2.24) is 10.3 Å². The molecule has 2 aromatic rings. The van der Waals surface area contributed by atoms with E-state index in [9.17, 15) is 0 Å². The third kappa shape index (κ3) is 3.72. The Kier molecular flexibility index (Phi) is 5.19. The molecule has 0 radical (unpaired) electrons. The summed E-state index contributed by atoms with van der Waals surface area (Å²) in [6.07, 6.45) is 3.83. The van der Waals surface area contributed by atoms with Crippen LogP contribution in [-0.2, 0) is 0 Å². The van der Waals surface area contributed by atoms with Gasteiger partial charge in [-0.15, -0.1) is 0 Å². The largest absolute Gasteiger partial charge is 0.482 e. The number of benzene rings is 1. The maximum Gasteiger partial charge on any atom is 0.143 e. The zero-order valence-corrected chi connectivity index (χ0v) is 13.6. The zero-order chi connectivity index (χ0) is 15.4. The summed E-state index contributed by atoms with van der Waals surface area (Å²) < 4.78 is 6.24. The second kappa shape index (κ2) is 7.32. The lowest BCUT2D eigenvalue weighted by molar-refractivity contribution is 0.109. The van der Waals surface area contributed by atoms with Crippen molar-refractivity contribution >= 4 is 23.2 Å². The van der Waals surface area contributed by atoms with E-state index in [2.05, 4.69) is 10.3 Å². The average Bonchev–Trinajstić information content (AvgIpc) is 2.56. The number of piperidine rings is 1. The topological polar surface area (TPSA) is 34.1 Å². The van der Waals surface area contributed by atoms with Gasteiger partial charge in [-0.25, -0.2) is 0 Å². The number of halogens is 2. The van der Waals surface area contributed by atoms with E-state index in [1.165, 1.54) is 0 Å². The van der Waals surface area contributed by atoms with Crippen LogP contribution in [0.1, 0.15) is 24.6 Å². The first kappa shape index (κ1) is 15.6. The van der Waals surface area contributed by atoms with Crippen molar-refractivity contribution in [2.75, 3.05) is 13.1 Å². The van der Waals surface area contributed by atoms with Gasteiger partial charge in [0, 0.05) is 17.1 Å². The van der Waals surface area contributed by atoms with Gasteiger partial charge in [0.2, 0.25) is 0 Å². The van der Waals surface area contributed by atoms with Crippen LogP contribution in [0.3, 0.4) is 0 Å². The highest BCUT2D eigenvalue weighted by atomic mass is 35.5. The van der Waals surface area contributed by atoms with Crippen molar-refractivity contribution in [2.24, 2.45) is 5.92 Å². The van der Waals surface area contributed by atoms with E-state index in [1.54, 1.807) is 18.3 Å². The molecule has 1 atom stereocenters. The van der Waals surface area contributed by atoms with E-state index in [1.807, 2.05) is 24.3 Å². The van der Waals surface area contributed by atoms with Crippen molar-refractivity contribution in [1.29, 1.82) is 0 Å². The Hall–Kier alpha value is -1.29. The molecule has 1 aliphatic heterocycles. The minimum absolute atomic E-state index is 0.0954. The van der Waals surface area contributed by atoms with Gasteiger partial charge < -0.3 is 10.1 Å². The molecule has 1 unspecified atom stereocenters. The van der Waals surface area contributed by atoms with Gasteiger partial charge in [-0.05, 0) is 56.3 Å². The lowest BCUT2D eigenvalue weighted by Gasteiger charge is -2.31. The molecule has 0 spiro atoms. The summed E-state index contributed by atoms with van der Waals surface area (Å²) in [5, 5.41) is 4.52. The molecule has 3 rings (SSSR count). The molecule has 1 aromatic carbocycles. The predicted octanol–water partition coefficient (Wildman–Crippen LogP) is 4.51. The van der Waals surface area contributed by atoms with Gasteiger partial charge in [0.25, 0.3) is 0 Å². The molecule has 0 bridgehead atoms. The molecule has 1 saturated heterocycles. The molecule has 116 valence electrons. The van der Waals surface area contributed by atoms with Gasteiger partial charge in [0.15, 0.2) is 0 Å². The smallest absolute Gasteiger partial charge is 0.143 e. The van der Waals surface area contributed by atoms with Crippen molar-refractivity contribution in [3.8, 4) is 5.75 Å².